The zero-order valence-corrected chi connectivity index (χ0v) is 13.1. The van der Waals surface area contributed by atoms with Gasteiger partial charge in [-0.05, 0) is 25.0 Å². The van der Waals surface area contributed by atoms with Crippen molar-refractivity contribution in [2.45, 2.75) is 32.9 Å². The van der Waals surface area contributed by atoms with Crippen LogP contribution in [0.2, 0.25) is 0 Å². The van der Waals surface area contributed by atoms with Gasteiger partial charge in [0.15, 0.2) is 0 Å². The van der Waals surface area contributed by atoms with Crippen LogP contribution in [-0.2, 0) is 9.59 Å². The molecule has 3 amide bonds. The minimum absolute atomic E-state index is 0.252. The van der Waals surface area contributed by atoms with E-state index in [0.717, 1.165) is 4.90 Å². The summed E-state index contributed by atoms with van der Waals surface area (Å²) in [6.45, 7) is 4.71. The Morgan fingerprint density at radius 1 is 1.04 bits per heavy atom. The van der Waals surface area contributed by atoms with E-state index in [2.05, 4.69) is 5.32 Å². The second kappa shape index (κ2) is 6.20. The van der Waals surface area contributed by atoms with Crippen LogP contribution in [-0.4, -0.2) is 45.8 Å². The maximum Gasteiger partial charge on any atom is 0.325 e. The number of carboxylic acids is 1. The van der Waals surface area contributed by atoms with Crippen LogP contribution in [0, 0.1) is 5.92 Å². The van der Waals surface area contributed by atoms with E-state index >= 15 is 0 Å². The topological polar surface area (TPSA) is 104 Å². The molecule has 7 heteroatoms. The molecule has 1 aromatic carbocycles. The van der Waals surface area contributed by atoms with Crippen LogP contribution in [0.5, 0.6) is 0 Å². The highest BCUT2D eigenvalue weighted by Gasteiger charge is 2.44. The van der Waals surface area contributed by atoms with Crippen LogP contribution in [0.1, 0.15) is 41.5 Å². The molecule has 2 atom stereocenters. The number of amides is 3. The third kappa shape index (κ3) is 2.94. The average molecular weight is 318 g/mol. The van der Waals surface area contributed by atoms with Gasteiger partial charge < -0.3 is 10.4 Å². The second-order valence-electron chi connectivity index (χ2n) is 5.78. The van der Waals surface area contributed by atoms with Gasteiger partial charge in [0, 0.05) is 0 Å². The Morgan fingerprint density at radius 2 is 1.52 bits per heavy atom. The molecule has 1 heterocycles. The number of carboxylic acid groups (broad SMARTS) is 1. The van der Waals surface area contributed by atoms with Crippen LogP contribution in [0.25, 0.3) is 0 Å². The molecule has 2 rings (SSSR count). The quantitative estimate of drug-likeness (QED) is 0.785. The van der Waals surface area contributed by atoms with Gasteiger partial charge in [-0.3, -0.25) is 24.1 Å². The summed E-state index contributed by atoms with van der Waals surface area (Å²) < 4.78 is 0. The molecule has 1 aromatic rings. The van der Waals surface area contributed by atoms with Gasteiger partial charge in [-0.2, -0.15) is 0 Å². The number of hydrogen-bond donors (Lipinski definition) is 2. The third-order valence-corrected chi connectivity index (χ3v) is 3.73. The van der Waals surface area contributed by atoms with Crippen molar-refractivity contribution in [2.75, 3.05) is 0 Å². The number of fused-ring (bicyclic) bond motifs is 1. The Hall–Kier alpha value is -2.70. The highest BCUT2D eigenvalue weighted by Crippen LogP contribution is 2.27. The van der Waals surface area contributed by atoms with Gasteiger partial charge in [-0.15, -0.1) is 0 Å². The number of carbonyl (C=O) groups is 4. The highest BCUT2D eigenvalue weighted by atomic mass is 16.4. The molecule has 0 spiro atoms. The van der Waals surface area contributed by atoms with E-state index in [1.165, 1.54) is 19.1 Å². The summed E-state index contributed by atoms with van der Waals surface area (Å²) in [5.41, 5.74) is 0.504. The second-order valence-corrected chi connectivity index (χ2v) is 5.78. The van der Waals surface area contributed by atoms with Crippen molar-refractivity contribution in [3.8, 4) is 0 Å². The summed E-state index contributed by atoms with van der Waals surface area (Å²) in [7, 11) is 0. The highest BCUT2D eigenvalue weighted by molar-refractivity contribution is 6.22. The maximum atomic E-state index is 12.5. The first-order valence-electron chi connectivity index (χ1n) is 7.25. The number of hydrogen-bond acceptors (Lipinski definition) is 4. The fraction of sp³-hybridized carbons (Fsp3) is 0.375. The van der Waals surface area contributed by atoms with Gasteiger partial charge in [0.05, 0.1) is 11.1 Å². The molecule has 0 saturated heterocycles. The molecular formula is C16H18N2O5. The summed E-state index contributed by atoms with van der Waals surface area (Å²) in [4.78, 5) is 49.2. The average Bonchev–Trinajstić information content (AvgIpc) is 2.73. The van der Waals surface area contributed by atoms with Crippen molar-refractivity contribution < 1.29 is 24.3 Å². The van der Waals surface area contributed by atoms with Crippen molar-refractivity contribution in [1.29, 1.82) is 0 Å². The van der Waals surface area contributed by atoms with Gasteiger partial charge >= 0.3 is 5.97 Å². The van der Waals surface area contributed by atoms with Crippen LogP contribution < -0.4 is 5.32 Å². The van der Waals surface area contributed by atoms with Crippen LogP contribution in [0.3, 0.4) is 0 Å². The smallest absolute Gasteiger partial charge is 0.325 e. The van der Waals surface area contributed by atoms with Crippen molar-refractivity contribution in [2.24, 2.45) is 5.92 Å². The van der Waals surface area contributed by atoms with E-state index in [9.17, 15) is 19.2 Å². The van der Waals surface area contributed by atoms with E-state index in [4.69, 9.17) is 5.11 Å². The van der Waals surface area contributed by atoms with Crippen molar-refractivity contribution >= 4 is 23.7 Å². The van der Waals surface area contributed by atoms with E-state index < -0.39 is 35.8 Å². The minimum atomic E-state index is -1.19. The zero-order chi connectivity index (χ0) is 17.3. The summed E-state index contributed by atoms with van der Waals surface area (Å²) in [5, 5.41) is 11.2. The molecule has 2 N–H and O–H groups in total. The van der Waals surface area contributed by atoms with Gasteiger partial charge in [-0.25, -0.2) is 0 Å². The summed E-state index contributed by atoms with van der Waals surface area (Å²) in [5.74, 6) is -3.30. The SMILES string of the molecule is CC(C)C(C(=O)N[C@H](C)C(=O)O)N1C(=O)c2ccccc2C1=O. The molecule has 0 aromatic heterocycles. The first kappa shape index (κ1) is 16.7. The minimum Gasteiger partial charge on any atom is -0.480 e. The Morgan fingerprint density at radius 3 is 1.91 bits per heavy atom. The molecule has 122 valence electrons. The Kier molecular flexibility index (Phi) is 4.49. The standard InChI is InChI=1S/C16H18N2O5/c1-8(2)12(13(19)17-9(3)16(22)23)18-14(20)10-6-4-5-7-11(10)15(18)21/h4-9,12H,1-3H3,(H,17,19)(H,22,23)/t9-,12?/m1/s1. The summed E-state index contributed by atoms with van der Waals surface area (Å²) in [6.07, 6.45) is 0. The van der Waals surface area contributed by atoms with Gasteiger partial charge in [0.2, 0.25) is 5.91 Å². The van der Waals surface area contributed by atoms with Gasteiger partial charge in [-0.1, -0.05) is 26.0 Å². The normalized spacial score (nSPS) is 16.3. The number of nitrogens with one attached hydrogen (secondary N) is 1. The largest absolute Gasteiger partial charge is 0.480 e. The number of rotatable bonds is 5. The van der Waals surface area contributed by atoms with Gasteiger partial charge in [0.25, 0.3) is 11.8 Å². The lowest BCUT2D eigenvalue weighted by molar-refractivity contribution is -0.142. The zero-order valence-electron chi connectivity index (χ0n) is 13.1. The predicted octanol–water partition coefficient (Wildman–Crippen LogP) is 0.896. The Labute approximate surface area is 133 Å². The fourth-order valence-electron chi connectivity index (χ4n) is 2.54. The fourth-order valence-corrected chi connectivity index (χ4v) is 2.54. The monoisotopic (exact) mass is 318 g/mol. The van der Waals surface area contributed by atoms with Gasteiger partial charge in [0.1, 0.15) is 12.1 Å². The molecule has 0 aliphatic carbocycles. The number of imide groups is 1. The first-order valence-corrected chi connectivity index (χ1v) is 7.25. The van der Waals surface area contributed by atoms with E-state index in [0.29, 0.717) is 0 Å². The van der Waals surface area contributed by atoms with E-state index in [-0.39, 0.29) is 17.0 Å². The third-order valence-electron chi connectivity index (χ3n) is 3.73. The lowest BCUT2D eigenvalue weighted by Crippen LogP contribution is -2.54. The van der Waals surface area contributed by atoms with Crippen LogP contribution in [0.15, 0.2) is 24.3 Å². The molecule has 23 heavy (non-hydrogen) atoms. The van der Waals surface area contributed by atoms with Crippen molar-refractivity contribution in [1.82, 2.24) is 10.2 Å². The predicted molar refractivity (Wildman–Crippen MR) is 80.8 cm³/mol. The molecule has 1 aliphatic heterocycles. The van der Waals surface area contributed by atoms with Crippen molar-refractivity contribution in [3.05, 3.63) is 35.4 Å². The number of aliphatic carboxylic acids is 1. The van der Waals surface area contributed by atoms with E-state index in [1.807, 2.05) is 0 Å². The molecule has 0 saturated carbocycles. The maximum absolute atomic E-state index is 12.5. The Balaban J connectivity index is 2.33. The molecule has 0 fully saturated rings. The first-order chi connectivity index (χ1) is 10.8. The lowest BCUT2D eigenvalue weighted by atomic mass is 10.0. The van der Waals surface area contributed by atoms with Crippen LogP contribution in [0.4, 0.5) is 0 Å². The summed E-state index contributed by atoms with van der Waals surface area (Å²) >= 11 is 0. The molecular weight excluding hydrogens is 300 g/mol. The van der Waals surface area contributed by atoms with Crippen molar-refractivity contribution in [3.63, 3.8) is 0 Å². The molecule has 0 radical (unpaired) electrons. The Bertz CT molecular complexity index is 648. The summed E-state index contributed by atoms with van der Waals surface area (Å²) in [6, 6.07) is 4.17. The number of nitrogens with zero attached hydrogens (tertiary/aromatic N) is 1. The molecule has 1 unspecified atom stereocenters. The number of carbonyl (C=O) groups excluding carboxylic acids is 3. The van der Waals surface area contributed by atoms with E-state index in [1.54, 1.807) is 26.0 Å². The van der Waals surface area contributed by atoms with Crippen LogP contribution >= 0.6 is 0 Å². The molecule has 0 bridgehead atoms. The molecule has 1 aliphatic rings. The lowest BCUT2D eigenvalue weighted by Gasteiger charge is -2.29. The molecule has 7 nitrogen and oxygen atoms in total. The number of benzene rings is 1.